The van der Waals surface area contributed by atoms with E-state index in [1.165, 1.54) is 22.0 Å². The number of amides is 1. The van der Waals surface area contributed by atoms with Crippen molar-refractivity contribution in [1.29, 1.82) is 0 Å². The Hall–Kier alpha value is -3.00. The predicted molar refractivity (Wildman–Crippen MR) is 121 cm³/mol. The Kier molecular flexibility index (Phi) is 6.66. The van der Waals surface area contributed by atoms with Crippen molar-refractivity contribution >= 4 is 23.4 Å². The van der Waals surface area contributed by atoms with Gasteiger partial charge in [0.05, 0.1) is 11.9 Å². The van der Waals surface area contributed by atoms with Crippen molar-refractivity contribution < 1.29 is 9.53 Å². The molecule has 0 unspecified atom stereocenters. The van der Waals surface area contributed by atoms with Crippen LogP contribution in [0.1, 0.15) is 30.5 Å². The summed E-state index contributed by atoms with van der Waals surface area (Å²) in [6.07, 6.45) is 0.0708. The Morgan fingerprint density at radius 3 is 2.53 bits per heavy atom. The largest absolute Gasteiger partial charge is 0.491 e. The number of nitrogens with two attached hydrogens (primary N) is 1. The van der Waals surface area contributed by atoms with Gasteiger partial charge < -0.3 is 15.9 Å². The summed E-state index contributed by atoms with van der Waals surface area (Å²) < 4.78 is 7.13. The molecule has 3 rings (SSSR count). The molecule has 2 aromatic carbocycles. The van der Waals surface area contributed by atoms with Crippen molar-refractivity contribution in [3.63, 3.8) is 0 Å². The van der Waals surface area contributed by atoms with Gasteiger partial charge in [0, 0.05) is 11.3 Å². The molecule has 0 fully saturated rings. The second kappa shape index (κ2) is 9.21. The van der Waals surface area contributed by atoms with Gasteiger partial charge in [-0.15, -0.1) is 10.2 Å². The summed E-state index contributed by atoms with van der Waals surface area (Å²) >= 11 is 1.24. The van der Waals surface area contributed by atoms with Gasteiger partial charge in [0.15, 0.2) is 5.82 Å². The van der Waals surface area contributed by atoms with Crippen LogP contribution in [0.4, 0.5) is 5.69 Å². The third kappa shape index (κ3) is 5.13. The number of nitrogen functional groups attached to an aromatic ring is 1. The summed E-state index contributed by atoms with van der Waals surface area (Å²) in [6, 6.07) is 11.6. The zero-order valence-electron chi connectivity index (χ0n) is 17.9. The van der Waals surface area contributed by atoms with Crippen LogP contribution in [0.5, 0.6) is 5.75 Å². The molecule has 1 amide bonds. The van der Waals surface area contributed by atoms with Crippen LogP contribution >= 0.6 is 11.8 Å². The molecule has 3 aromatic rings. The van der Waals surface area contributed by atoms with Gasteiger partial charge in [-0.05, 0) is 57.9 Å². The van der Waals surface area contributed by atoms with E-state index < -0.39 is 0 Å². The number of rotatable bonds is 7. The summed E-state index contributed by atoms with van der Waals surface area (Å²) in [5, 5.41) is 11.8. The van der Waals surface area contributed by atoms with Gasteiger partial charge in [-0.2, -0.15) is 0 Å². The number of hydrogen-bond donors (Lipinski definition) is 2. The normalized spacial score (nSPS) is 11.0. The lowest BCUT2D eigenvalue weighted by Crippen LogP contribution is -2.17. The zero-order valence-corrected chi connectivity index (χ0v) is 18.7. The fourth-order valence-corrected chi connectivity index (χ4v) is 3.89. The minimum Gasteiger partial charge on any atom is -0.491 e. The lowest BCUT2D eigenvalue weighted by Gasteiger charge is -2.12. The van der Waals surface area contributed by atoms with Crippen LogP contribution in [0.15, 0.2) is 41.6 Å². The van der Waals surface area contributed by atoms with E-state index in [1.54, 1.807) is 0 Å². The molecule has 1 aromatic heterocycles. The monoisotopic (exact) mass is 425 g/mol. The molecule has 0 bridgehead atoms. The summed E-state index contributed by atoms with van der Waals surface area (Å²) in [7, 11) is 0. The molecule has 1 heterocycles. The predicted octanol–water partition coefficient (Wildman–Crippen LogP) is 4.10. The van der Waals surface area contributed by atoms with Crippen molar-refractivity contribution in [3.8, 4) is 17.1 Å². The molecule has 158 valence electrons. The molecule has 0 radical (unpaired) electrons. The van der Waals surface area contributed by atoms with Crippen LogP contribution in [0, 0.1) is 20.8 Å². The number of nitrogens with one attached hydrogen (secondary N) is 1. The molecule has 3 N–H and O–H groups in total. The lowest BCUT2D eigenvalue weighted by atomic mass is 10.1. The average molecular weight is 426 g/mol. The number of anilines is 1. The molecule has 0 aliphatic rings. The van der Waals surface area contributed by atoms with Crippen LogP contribution in [0.25, 0.3) is 11.4 Å². The van der Waals surface area contributed by atoms with Gasteiger partial charge in [0.2, 0.25) is 11.1 Å². The van der Waals surface area contributed by atoms with Gasteiger partial charge in [-0.25, -0.2) is 4.68 Å². The standard InChI is InChI=1S/C22H27N5O2S/c1-13(2)29-18-8-6-7-17(11-18)21-25-26-22(27(21)23)30-12-19(28)24-20-15(4)9-14(3)10-16(20)5/h6-11,13H,12,23H2,1-5H3,(H,24,28). The number of carbonyl (C=O) groups is 1. The SMILES string of the molecule is Cc1cc(C)c(NC(=O)CSc2nnc(-c3cccc(OC(C)C)c3)n2N)c(C)c1. The maximum atomic E-state index is 12.5. The van der Waals surface area contributed by atoms with E-state index in [4.69, 9.17) is 10.6 Å². The van der Waals surface area contributed by atoms with Crippen LogP contribution in [-0.2, 0) is 4.79 Å². The summed E-state index contributed by atoms with van der Waals surface area (Å²) in [6.45, 7) is 9.96. The quantitative estimate of drug-likeness (QED) is 0.437. The van der Waals surface area contributed by atoms with Gasteiger partial charge in [-0.3, -0.25) is 4.79 Å². The zero-order chi connectivity index (χ0) is 21.8. The van der Waals surface area contributed by atoms with E-state index in [0.29, 0.717) is 11.0 Å². The molecule has 8 heteroatoms. The first-order chi connectivity index (χ1) is 14.2. The number of benzene rings is 2. The van der Waals surface area contributed by atoms with Crippen molar-refractivity contribution in [2.45, 2.75) is 45.9 Å². The highest BCUT2D eigenvalue weighted by Crippen LogP contribution is 2.26. The highest BCUT2D eigenvalue weighted by Gasteiger charge is 2.15. The Morgan fingerprint density at radius 1 is 1.17 bits per heavy atom. The number of nitrogens with zero attached hydrogens (tertiary/aromatic N) is 3. The third-order valence-electron chi connectivity index (χ3n) is 4.40. The first kappa shape index (κ1) is 21.7. The molecular formula is C22H27N5O2S. The average Bonchev–Trinajstić information content (AvgIpc) is 3.03. The van der Waals surface area contributed by atoms with Crippen LogP contribution in [0.2, 0.25) is 0 Å². The number of aryl methyl sites for hydroxylation is 3. The van der Waals surface area contributed by atoms with Crippen molar-refractivity contribution in [2.75, 3.05) is 16.9 Å². The Labute approximate surface area is 181 Å². The van der Waals surface area contributed by atoms with Gasteiger partial charge in [-0.1, -0.05) is 41.6 Å². The molecule has 30 heavy (non-hydrogen) atoms. The maximum absolute atomic E-state index is 12.5. The summed E-state index contributed by atoms with van der Waals surface area (Å²) in [5.74, 6) is 7.50. The van der Waals surface area contributed by atoms with Crippen molar-refractivity contribution in [3.05, 3.63) is 53.1 Å². The van der Waals surface area contributed by atoms with E-state index in [1.807, 2.05) is 58.9 Å². The fourth-order valence-electron chi connectivity index (χ4n) is 3.24. The fraction of sp³-hybridized carbons (Fsp3) is 0.318. The lowest BCUT2D eigenvalue weighted by molar-refractivity contribution is -0.113. The van der Waals surface area contributed by atoms with Crippen molar-refractivity contribution in [1.82, 2.24) is 14.9 Å². The van der Waals surface area contributed by atoms with E-state index in [2.05, 4.69) is 27.6 Å². The van der Waals surface area contributed by atoms with Crippen LogP contribution < -0.4 is 15.9 Å². The van der Waals surface area contributed by atoms with Gasteiger partial charge in [0.1, 0.15) is 5.75 Å². The van der Waals surface area contributed by atoms with E-state index in [9.17, 15) is 4.79 Å². The Morgan fingerprint density at radius 2 is 1.87 bits per heavy atom. The molecule has 0 atom stereocenters. The molecule has 0 aliphatic carbocycles. The Balaban J connectivity index is 1.68. The first-order valence-corrected chi connectivity index (χ1v) is 10.7. The smallest absolute Gasteiger partial charge is 0.234 e. The Bertz CT molecular complexity index is 1040. The highest BCUT2D eigenvalue weighted by atomic mass is 32.2. The van der Waals surface area contributed by atoms with Crippen LogP contribution in [0.3, 0.4) is 0 Å². The third-order valence-corrected chi connectivity index (χ3v) is 5.35. The summed E-state index contributed by atoms with van der Waals surface area (Å²) in [4.78, 5) is 12.5. The van der Waals surface area contributed by atoms with E-state index in [-0.39, 0.29) is 17.8 Å². The maximum Gasteiger partial charge on any atom is 0.234 e. The molecule has 0 spiro atoms. The summed E-state index contributed by atoms with van der Waals surface area (Å²) in [5.41, 5.74) is 4.90. The van der Waals surface area contributed by atoms with Crippen molar-refractivity contribution in [2.24, 2.45) is 0 Å². The second-order valence-corrected chi connectivity index (χ2v) is 8.42. The molecular weight excluding hydrogens is 398 g/mol. The topological polar surface area (TPSA) is 95.1 Å². The first-order valence-electron chi connectivity index (χ1n) is 9.72. The molecule has 0 saturated heterocycles. The number of aromatic nitrogens is 3. The second-order valence-electron chi connectivity index (χ2n) is 7.48. The van der Waals surface area contributed by atoms with E-state index >= 15 is 0 Å². The van der Waals surface area contributed by atoms with Gasteiger partial charge >= 0.3 is 0 Å². The number of thioether (sulfide) groups is 1. The number of hydrogen-bond acceptors (Lipinski definition) is 6. The molecule has 0 aliphatic heterocycles. The van der Waals surface area contributed by atoms with Crippen LogP contribution in [-0.4, -0.2) is 32.6 Å². The minimum atomic E-state index is -0.119. The van der Waals surface area contributed by atoms with Gasteiger partial charge in [0.25, 0.3) is 0 Å². The highest BCUT2D eigenvalue weighted by molar-refractivity contribution is 7.99. The number of ether oxygens (including phenoxy) is 1. The van der Waals surface area contributed by atoms with E-state index in [0.717, 1.165) is 28.1 Å². The molecule has 0 saturated carbocycles. The molecule has 7 nitrogen and oxygen atoms in total. The minimum absolute atomic E-state index is 0.0708. The number of carbonyl (C=O) groups excluding carboxylic acids is 1.